The molecule has 0 aliphatic carbocycles. The maximum atomic E-state index is 9.32. The lowest BCUT2D eigenvalue weighted by molar-refractivity contribution is 0.301. The maximum absolute atomic E-state index is 9.32. The zero-order valence-electron chi connectivity index (χ0n) is 10.9. The van der Waals surface area contributed by atoms with Gasteiger partial charge >= 0.3 is 0 Å². The number of thioether (sulfide) groups is 1. The van der Waals surface area contributed by atoms with Crippen LogP contribution in [-0.2, 0) is 0 Å². The summed E-state index contributed by atoms with van der Waals surface area (Å²) in [5, 5.41) is 13.9. The molecule has 0 spiro atoms. The standard InChI is InChI=1S/C15H14N2OS2/c18-8-4-13-14(17-7-6-16-15(17)20-13)11-2-1-3-12-10(11)5-9-19-12/h1-3,5,9,18H,4,6-8H2. The van der Waals surface area contributed by atoms with Gasteiger partial charge in [-0.05, 0) is 17.5 Å². The number of hydrogen-bond donors (Lipinski definition) is 1. The van der Waals surface area contributed by atoms with Gasteiger partial charge in [0, 0.05) is 40.1 Å². The fraction of sp³-hybridized carbons (Fsp3) is 0.267. The monoisotopic (exact) mass is 302 g/mol. The highest BCUT2D eigenvalue weighted by atomic mass is 32.2. The number of fused-ring (bicyclic) bond motifs is 2. The Hall–Kier alpha value is -1.30. The molecule has 5 heteroatoms. The number of nitrogens with zero attached hydrogens (tertiary/aromatic N) is 2. The van der Waals surface area contributed by atoms with Gasteiger partial charge in [-0.1, -0.05) is 23.9 Å². The lowest BCUT2D eigenvalue weighted by atomic mass is 10.1. The van der Waals surface area contributed by atoms with Crippen molar-refractivity contribution in [1.82, 2.24) is 4.90 Å². The van der Waals surface area contributed by atoms with Gasteiger partial charge in [-0.15, -0.1) is 11.3 Å². The third-order valence-electron chi connectivity index (χ3n) is 3.64. The Morgan fingerprint density at radius 2 is 2.25 bits per heavy atom. The molecule has 2 aliphatic rings. The first-order valence-corrected chi connectivity index (χ1v) is 8.38. The molecule has 0 unspecified atom stereocenters. The van der Waals surface area contributed by atoms with E-state index in [1.54, 1.807) is 23.1 Å². The molecular formula is C15H14N2OS2. The van der Waals surface area contributed by atoms with Crippen molar-refractivity contribution in [2.24, 2.45) is 4.99 Å². The Morgan fingerprint density at radius 1 is 1.30 bits per heavy atom. The van der Waals surface area contributed by atoms with E-state index >= 15 is 0 Å². The first kappa shape index (κ1) is 12.4. The number of hydrogen-bond acceptors (Lipinski definition) is 5. The highest BCUT2D eigenvalue weighted by Gasteiger charge is 2.33. The largest absolute Gasteiger partial charge is 0.396 e. The minimum atomic E-state index is 0.187. The predicted molar refractivity (Wildman–Crippen MR) is 87.0 cm³/mol. The average Bonchev–Trinajstić information content (AvgIpc) is 3.12. The van der Waals surface area contributed by atoms with Gasteiger partial charge in [0.1, 0.15) is 0 Å². The molecule has 0 bridgehead atoms. The van der Waals surface area contributed by atoms with Gasteiger partial charge in [0.25, 0.3) is 0 Å². The number of aliphatic hydroxyl groups is 1. The molecular weight excluding hydrogens is 288 g/mol. The second-order valence-corrected chi connectivity index (χ2v) is 6.81. The number of aliphatic imine (C=N–C) groups is 1. The van der Waals surface area contributed by atoms with E-state index in [0.717, 1.165) is 18.3 Å². The van der Waals surface area contributed by atoms with Gasteiger partial charge in [-0.25, -0.2) is 0 Å². The van der Waals surface area contributed by atoms with Gasteiger partial charge in [-0.3, -0.25) is 4.99 Å². The van der Waals surface area contributed by atoms with Crippen LogP contribution in [0.2, 0.25) is 0 Å². The molecule has 1 aromatic carbocycles. The molecule has 0 saturated heterocycles. The molecule has 0 atom stereocenters. The second-order valence-electron chi connectivity index (χ2n) is 4.80. The van der Waals surface area contributed by atoms with Crippen molar-refractivity contribution in [3.05, 3.63) is 40.1 Å². The van der Waals surface area contributed by atoms with Crippen LogP contribution >= 0.6 is 23.1 Å². The van der Waals surface area contributed by atoms with E-state index < -0.39 is 0 Å². The van der Waals surface area contributed by atoms with Crippen LogP contribution in [0.3, 0.4) is 0 Å². The van der Waals surface area contributed by atoms with E-state index in [2.05, 4.69) is 39.5 Å². The summed E-state index contributed by atoms with van der Waals surface area (Å²) >= 11 is 3.49. The number of amidine groups is 1. The molecule has 0 fully saturated rings. The molecule has 0 amide bonds. The third-order valence-corrected chi connectivity index (χ3v) is 5.70. The van der Waals surface area contributed by atoms with E-state index in [1.807, 2.05) is 0 Å². The molecule has 4 rings (SSSR count). The van der Waals surface area contributed by atoms with Crippen LogP contribution in [0.5, 0.6) is 0 Å². The summed E-state index contributed by atoms with van der Waals surface area (Å²) in [5.41, 5.74) is 2.52. The summed E-state index contributed by atoms with van der Waals surface area (Å²) in [5.74, 6) is 0. The lowest BCUT2D eigenvalue weighted by Gasteiger charge is -2.18. The molecule has 20 heavy (non-hydrogen) atoms. The van der Waals surface area contributed by atoms with Crippen molar-refractivity contribution >= 4 is 44.0 Å². The van der Waals surface area contributed by atoms with E-state index in [1.165, 1.54) is 26.3 Å². The molecule has 102 valence electrons. The summed E-state index contributed by atoms with van der Waals surface area (Å²) in [7, 11) is 0. The van der Waals surface area contributed by atoms with Crippen molar-refractivity contribution in [2.75, 3.05) is 19.7 Å². The summed E-state index contributed by atoms with van der Waals surface area (Å²) in [4.78, 5) is 8.11. The van der Waals surface area contributed by atoms with Crippen LogP contribution in [0.25, 0.3) is 15.8 Å². The number of benzene rings is 1. The van der Waals surface area contributed by atoms with Crippen LogP contribution in [0.15, 0.2) is 39.5 Å². The van der Waals surface area contributed by atoms with Crippen molar-refractivity contribution in [1.29, 1.82) is 0 Å². The highest BCUT2D eigenvalue weighted by molar-refractivity contribution is 8.17. The zero-order chi connectivity index (χ0) is 13.5. The lowest BCUT2D eigenvalue weighted by Crippen LogP contribution is -2.20. The van der Waals surface area contributed by atoms with E-state index in [4.69, 9.17) is 0 Å². The molecule has 3 heterocycles. The van der Waals surface area contributed by atoms with Gasteiger partial charge in [0.15, 0.2) is 5.17 Å². The summed E-state index contributed by atoms with van der Waals surface area (Å²) in [6.45, 7) is 2.01. The topological polar surface area (TPSA) is 35.8 Å². The Kier molecular flexibility index (Phi) is 3.06. The van der Waals surface area contributed by atoms with Crippen LogP contribution in [-0.4, -0.2) is 34.9 Å². The highest BCUT2D eigenvalue weighted by Crippen LogP contribution is 2.45. The SMILES string of the molecule is OCCC1=C(c2cccc3sccc23)N2CCN=C2S1. The van der Waals surface area contributed by atoms with Gasteiger partial charge in [0.2, 0.25) is 0 Å². The van der Waals surface area contributed by atoms with Crippen LogP contribution in [0, 0.1) is 0 Å². The first-order valence-electron chi connectivity index (χ1n) is 6.69. The Balaban J connectivity index is 1.91. The van der Waals surface area contributed by atoms with Crippen LogP contribution in [0.1, 0.15) is 12.0 Å². The minimum absolute atomic E-state index is 0.187. The quantitative estimate of drug-likeness (QED) is 0.944. The Morgan fingerprint density at radius 3 is 3.15 bits per heavy atom. The fourth-order valence-electron chi connectivity index (χ4n) is 2.80. The number of thiophene rings is 1. The van der Waals surface area contributed by atoms with Gasteiger partial charge < -0.3 is 10.0 Å². The molecule has 3 nitrogen and oxygen atoms in total. The number of aliphatic hydroxyl groups excluding tert-OH is 1. The fourth-order valence-corrected chi connectivity index (χ4v) is 4.79. The third kappa shape index (κ3) is 1.81. The summed E-state index contributed by atoms with van der Waals surface area (Å²) in [6, 6.07) is 8.66. The van der Waals surface area contributed by atoms with Gasteiger partial charge in [-0.2, -0.15) is 0 Å². The summed E-state index contributed by atoms with van der Waals surface area (Å²) < 4.78 is 1.31. The van der Waals surface area contributed by atoms with E-state index in [0.29, 0.717) is 6.42 Å². The number of rotatable bonds is 3. The van der Waals surface area contributed by atoms with Crippen molar-refractivity contribution in [3.63, 3.8) is 0 Å². The smallest absolute Gasteiger partial charge is 0.168 e. The molecule has 1 aromatic heterocycles. The minimum Gasteiger partial charge on any atom is -0.396 e. The Labute approximate surface area is 125 Å². The van der Waals surface area contributed by atoms with Gasteiger partial charge in [0.05, 0.1) is 12.2 Å². The van der Waals surface area contributed by atoms with E-state index in [9.17, 15) is 5.11 Å². The van der Waals surface area contributed by atoms with Crippen LogP contribution in [0.4, 0.5) is 0 Å². The second kappa shape index (κ2) is 4.91. The molecule has 2 aliphatic heterocycles. The van der Waals surface area contributed by atoms with Crippen molar-refractivity contribution < 1.29 is 5.11 Å². The van der Waals surface area contributed by atoms with Crippen molar-refractivity contribution in [2.45, 2.75) is 6.42 Å². The van der Waals surface area contributed by atoms with Crippen molar-refractivity contribution in [3.8, 4) is 0 Å². The average molecular weight is 302 g/mol. The normalized spacial score (nSPS) is 18.1. The van der Waals surface area contributed by atoms with Crippen LogP contribution < -0.4 is 0 Å². The van der Waals surface area contributed by atoms with E-state index in [-0.39, 0.29) is 6.61 Å². The molecule has 1 N–H and O–H groups in total. The first-order chi connectivity index (χ1) is 9.88. The molecule has 2 aromatic rings. The summed E-state index contributed by atoms with van der Waals surface area (Å²) in [6.07, 6.45) is 0.704. The molecule has 0 saturated carbocycles. The zero-order valence-corrected chi connectivity index (χ0v) is 12.5. The maximum Gasteiger partial charge on any atom is 0.168 e. The Bertz CT molecular complexity index is 732. The molecule has 0 radical (unpaired) electrons. The predicted octanol–water partition coefficient (Wildman–Crippen LogP) is 3.37.